The fourth-order valence-corrected chi connectivity index (χ4v) is 0.960. The van der Waals surface area contributed by atoms with Crippen molar-refractivity contribution in [3.8, 4) is 11.8 Å². The van der Waals surface area contributed by atoms with Gasteiger partial charge in [0.2, 0.25) is 0 Å². The van der Waals surface area contributed by atoms with Gasteiger partial charge in [0.1, 0.15) is 4.60 Å². The van der Waals surface area contributed by atoms with Crippen LogP contribution in [0.4, 0.5) is 5.69 Å². The van der Waals surface area contributed by atoms with Crippen LogP contribution in [0.25, 0.3) is 0 Å². The summed E-state index contributed by atoms with van der Waals surface area (Å²) in [7, 11) is 0. The quantitative estimate of drug-likeness (QED) is 0.599. The molecular formula is C9H7BrN2O. The zero-order valence-corrected chi connectivity index (χ0v) is 8.55. The average Bonchev–Trinajstić information content (AvgIpc) is 2.09. The van der Waals surface area contributed by atoms with Crippen LogP contribution >= 0.6 is 15.9 Å². The maximum Gasteiger partial charge on any atom is 0.300 e. The van der Waals surface area contributed by atoms with Crippen LogP contribution in [0, 0.1) is 11.8 Å². The number of carbonyl (C=O) groups excluding carboxylic acids is 1. The Bertz CT molecular complexity index is 361. The normalized spacial score (nSPS) is 8.46. The van der Waals surface area contributed by atoms with Gasteiger partial charge in [0, 0.05) is 0 Å². The van der Waals surface area contributed by atoms with Crippen LogP contribution in [0.5, 0.6) is 0 Å². The number of aromatic nitrogens is 1. The first-order valence-electron chi connectivity index (χ1n) is 3.57. The summed E-state index contributed by atoms with van der Waals surface area (Å²) in [5.41, 5.74) is 0.635. The van der Waals surface area contributed by atoms with E-state index in [1.807, 2.05) is 0 Å². The van der Waals surface area contributed by atoms with E-state index in [4.69, 9.17) is 0 Å². The number of amides is 1. The van der Waals surface area contributed by atoms with Crippen LogP contribution in [-0.4, -0.2) is 10.9 Å². The largest absolute Gasteiger partial charge is 0.314 e. The fourth-order valence-electron chi connectivity index (χ4n) is 0.726. The predicted octanol–water partition coefficient (Wildman–Crippen LogP) is 1.81. The fraction of sp³-hybridized carbons (Fsp3) is 0.111. The highest BCUT2D eigenvalue weighted by molar-refractivity contribution is 9.10. The van der Waals surface area contributed by atoms with Gasteiger partial charge >= 0.3 is 0 Å². The van der Waals surface area contributed by atoms with Gasteiger partial charge in [-0.3, -0.25) is 4.79 Å². The molecule has 13 heavy (non-hydrogen) atoms. The van der Waals surface area contributed by atoms with Gasteiger partial charge in [-0.1, -0.05) is 5.92 Å². The van der Waals surface area contributed by atoms with Crippen LogP contribution in [0.3, 0.4) is 0 Å². The molecular weight excluding hydrogens is 232 g/mol. The number of hydrogen-bond donors (Lipinski definition) is 1. The summed E-state index contributed by atoms with van der Waals surface area (Å²) in [6.45, 7) is 1.61. The molecule has 0 spiro atoms. The summed E-state index contributed by atoms with van der Waals surface area (Å²) in [5, 5.41) is 2.57. The van der Waals surface area contributed by atoms with Crippen molar-refractivity contribution in [1.29, 1.82) is 0 Å². The number of anilines is 1. The zero-order chi connectivity index (χ0) is 9.68. The Morgan fingerprint density at radius 3 is 2.92 bits per heavy atom. The standard InChI is InChI=1S/C9H7BrN2O/c1-2-3-9(13)12-7-4-5-8(10)11-6-7/h4-6H,1H3,(H,12,13). The van der Waals surface area contributed by atoms with E-state index in [0.717, 1.165) is 4.60 Å². The van der Waals surface area contributed by atoms with Crippen molar-refractivity contribution in [3.05, 3.63) is 22.9 Å². The molecule has 0 radical (unpaired) electrons. The van der Waals surface area contributed by atoms with Gasteiger partial charge in [-0.05, 0) is 40.9 Å². The third kappa shape index (κ3) is 3.26. The minimum absolute atomic E-state index is 0.327. The number of carbonyl (C=O) groups is 1. The average molecular weight is 239 g/mol. The summed E-state index contributed by atoms with van der Waals surface area (Å²) < 4.78 is 0.729. The molecule has 0 bridgehead atoms. The Morgan fingerprint density at radius 1 is 1.62 bits per heavy atom. The van der Waals surface area contributed by atoms with Gasteiger partial charge in [-0.15, -0.1) is 0 Å². The van der Waals surface area contributed by atoms with Gasteiger partial charge in [0.05, 0.1) is 11.9 Å². The summed E-state index contributed by atoms with van der Waals surface area (Å²) in [5.74, 6) is 4.55. The Hall–Kier alpha value is -1.34. The molecule has 0 aliphatic carbocycles. The highest BCUT2D eigenvalue weighted by Gasteiger charge is 1.96. The number of nitrogens with one attached hydrogen (secondary N) is 1. The second-order valence-corrected chi connectivity index (χ2v) is 3.01. The monoisotopic (exact) mass is 238 g/mol. The Morgan fingerprint density at radius 2 is 2.38 bits per heavy atom. The van der Waals surface area contributed by atoms with E-state index in [9.17, 15) is 4.79 Å². The van der Waals surface area contributed by atoms with Crippen molar-refractivity contribution in [2.24, 2.45) is 0 Å². The molecule has 1 amide bonds. The predicted molar refractivity (Wildman–Crippen MR) is 54.0 cm³/mol. The molecule has 4 heteroatoms. The van der Waals surface area contributed by atoms with Crippen molar-refractivity contribution in [1.82, 2.24) is 4.98 Å². The van der Waals surface area contributed by atoms with E-state index < -0.39 is 0 Å². The zero-order valence-electron chi connectivity index (χ0n) is 6.97. The molecule has 1 aromatic heterocycles. The maximum atomic E-state index is 11.0. The molecule has 0 atom stereocenters. The number of halogens is 1. The number of nitrogens with zero attached hydrogens (tertiary/aromatic N) is 1. The van der Waals surface area contributed by atoms with E-state index in [1.165, 1.54) is 0 Å². The molecule has 1 aromatic rings. The minimum Gasteiger partial charge on any atom is -0.314 e. The molecule has 0 aromatic carbocycles. The third-order valence-corrected chi connectivity index (χ3v) is 1.69. The Kier molecular flexibility index (Phi) is 3.47. The first kappa shape index (κ1) is 9.75. The smallest absolute Gasteiger partial charge is 0.300 e. The first-order chi connectivity index (χ1) is 6.22. The summed E-state index contributed by atoms with van der Waals surface area (Å²) in [6.07, 6.45) is 1.55. The van der Waals surface area contributed by atoms with E-state index in [-0.39, 0.29) is 5.91 Å². The molecule has 3 nitrogen and oxygen atoms in total. The lowest BCUT2D eigenvalue weighted by molar-refractivity contribution is -0.111. The van der Waals surface area contributed by atoms with Crippen LogP contribution in [0.2, 0.25) is 0 Å². The van der Waals surface area contributed by atoms with Crippen LogP contribution in [0.1, 0.15) is 6.92 Å². The van der Waals surface area contributed by atoms with Crippen molar-refractivity contribution in [3.63, 3.8) is 0 Å². The molecule has 0 saturated heterocycles. The molecule has 1 heterocycles. The highest BCUT2D eigenvalue weighted by atomic mass is 79.9. The number of rotatable bonds is 1. The molecule has 0 unspecified atom stereocenters. The lowest BCUT2D eigenvalue weighted by atomic mass is 10.4. The van der Waals surface area contributed by atoms with Crippen LogP contribution in [0.15, 0.2) is 22.9 Å². The van der Waals surface area contributed by atoms with Crippen molar-refractivity contribution in [2.75, 3.05) is 5.32 Å². The van der Waals surface area contributed by atoms with Crippen molar-refractivity contribution >= 4 is 27.5 Å². The summed E-state index contributed by atoms with van der Waals surface area (Å²) in [6, 6.07) is 3.49. The van der Waals surface area contributed by atoms with Crippen LogP contribution < -0.4 is 5.32 Å². The van der Waals surface area contributed by atoms with E-state index in [1.54, 1.807) is 25.3 Å². The highest BCUT2D eigenvalue weighted by Crippen LogP contribution is 2.09. The summed E-state index contributed by atoms with van der Waals surface area (Å²) in [4.78, 5) is 14.9. The molecule has 0 fully saturated rings. The van der Waals surface area contributed by atoms with Crippen molar-refractivity contribution in [2.45, 2.75) is 6.92 Å². The third-order valence-electron chi connectivity index (χ3n) is 1.22. The molecule has 0 saturated carbocycles. The van der Waals surface area contributed by atoms with E-state index >= 15 is 0 Å². The molecule has 66 valence electrons. The Balaban J connectivity index is 2.68. The van der Waals surface area contributed by atoms with E-state index in [0.29, 0.717) is 5.69 Å². The minimum atomic E-state index is -0.327. The van der Waals surface area contributed by atoms with E-state index in [2.05, 4.69) is 38.1 Å². The second kappa shape index (κ2) is 4.63. The van der Waals surface area contributed by atoms with Gasteiger partial charge in [-0.25, -0.2) is 4.98 Å². The van der Waals surface area contributed by atoms with Crippen molar-refractivity contribution < 1.29 is 4.79 Å². The molecule has 1 rings (SSSR count). The Labute approximate surface area is 84.7 Å². The first-order valence-corrected chi connectivity index (χ1v) is 4.37. The van der Waals surface area contributed by atoms with Gasteiger partial charge < -0.3 is 5.32 Å². The van der Waals surface area contributed by atoms with Crippen LogP contribution in [-0.2, 0) is 4.79 Å². The van der Waals surface area contributed by atoms with Gasteiger partial charge in [-0.2, -0.15) is 0 Å². The lowest BCUT2D eigenvalue weighted by Crippen LogP contribution is -2.08. The lowest BCUT2D eigenvalue weighted by Gasteiger charge is -1.98. The maximum absolute atomic E-state index is 11.0. The topological polar surface area (TPSA) is 42.0 Å². The van der Waals surface area contributed by atoms with Gasteiger partial charge in [0.15, 0.2) is 0 Å². The molecule has 0 aliphatic heterocycles. The second-order valence-electron chi connectivity index (χ2n) is 2.20. The molecule has 1 N–H and O–H groups in total. The number of pyridine rings is 1. The van der Waals surface area contributed by atoms with Gasteiger partial charge in [0.25, 0.3) is 5.91 Å². The summed E-state index contributed by atoms with van der Waals surface area (Å²) >= 11 is 3.19. The SMILES string of the molecule is CC#CC(=O)Nc1ccc(Br)nc1. The molecule has 0 aliphatic rings. The number of hydrogen-bond acceptors (Lipinski definition) is 2.